The molecule has 0 unspecified atom stereocenters. The standard InChI is InChI=1S/C21H20F3N3O3/c22-21(23,24)16-7-4-8-17(12-16)27-13-15(11-18(27)28)20(30)26-10-9-25-19(29)14-5-2-1-3-6-14/h1-8,12,15H,9-11,13H2,(H,25,29)(H,26,30)/t15-/m1/s1. The highest BCUT2D eigenvalue weighted by molar-refractivity contribution is 6.00. The van der Waals surface area contributed by atoms with Gasteiger partial charge in [0.25, 0.3) is 5.91 Å². The molecule has 1 saturated heterocycles. The number of halogens is 3. The van der Waals surface area contributed by atoms with E-state index in [0.29, 0.717) is 5.56 Å². The molecular formula is C21H20F3N3O3. The van der Waals surface area contributed by atoms with Crippen molar-refractivity contribution < 1.29 is 27.6 Å². The first kappa shape index (κ1) is 21.4. The predicted molar refractivity (Wildman–Crippen MR) is 104 cm³/mol. The second-order valence-corrected chi connectivity index (χ2v) is 6.87. The normalized spacial score (nSPS) is 16.4. The van der Waals surface area contributed by atoms with Gasteiger partial charge < -0.3 is 15.5 Å². The Kier molecular flexibility index (Phi) is 6.39. The van der Waals surface area contributed by atoms with Crippen LogP contribution in [0.2, 0.25) is 0 Å². The minimum atomic E-state index is -4.51. The Labute approximate surface area is 171 Å². The molecule has 0 spiro atoms. The summed E-state index contributed by atoms with van der Waals surface area (Å²) in [6.45, 7) is 0.380. The van der Waals surface area contributed by atoms with E-state index < -0.39 is 23.6 Å². The summed E-state index contributed by atoms with van der Waals surface area (Å²) in [6, 6.07) is 13.1. The van der Waals surface area contributed by atoms with Gasteiger partial charge in [-0.2, -0.15) is 13.2 Å². The highest BCUT2D eigenvalue weighted by Gasteiger charge is 2.36. The van der Waals surface area contributed by atoms with E-state index in [2.05, 4.69) is 10.6 Å². The average Bonchev–Trinajstić information content (AvgIpc) is 3.13. The molecule has 3 amide bonds. The van der Waals surface area contributed by atoms with Gasteiger partial charge in [-0.25, -0.2) is 0 Å². The summed E-state index contributed by atoms with van der Waals surface area (Å²) in [5.41, 5.74) is -0.239. The van der Waals surface area contributed by atoms with Crippen molar-refractivity contribution in [3.05, 3.63) is 65.7 Å². The number of carbonyl (C=O) groups excluding carboxylic acids is 3. The van der Waals surface area contributed by atoms with Gasteiger partial charge in [0.15, 0.2) is 0 Å². The van der Waals surface area contributed by atoms with Crippen molar-refractivity contribution in [3.8, 4) is 0 Å². The fraction of sp³-hybridized carbons (Fsp3) is 0.286. The minimum absolute atomic E-state index is 0.00233. The molecular weight excluding hydrogens is 399 g/mol. The van der Waals surface area contributed by atoms with Gasteiger partial charge in [-0.15, -0.1) is 0 Å². The second kappa shape index (κ2) is 8.98. The molecule has 1 atom stereocenters. The number of hydrogen-bond acceptors (Lipinski definition) is 3. The molecule has 0 bridgehead atoms. The number of nitrogens with zero attached hydrogens (tertiary/aromatic N) is 1. The molecule has 3 rings (SSSR count). The smallest absolute Gasteiger partial charge is 0.354 e. The molecule has 0 aliphatic carbocycles. The first-order chi connectivity index (χ1) is 14.3. The molecule has 2 N–H and O–H groups in total. The number of rotatable bonds is 6. The van der Waals surface area contributed by atoms with Crippen LogP contribution < -0.4 is 15.5 Å². The molecule has 6 nitrogen and oxygen atoms in total. The highest BCUT2D eigenvalue weighted by atomic mass is 19.4. The fourth-order valence-electron chi connectivity index (χ4n) is 3.18. The summed E-state index contributed by atoms with van der Waals surface area (Å²) in [7, 11) is 0. The van der Waals surface area contributed by atoms with Gasteiger partial charge in [0.05, 0.1) is 11.5 Å². The largest absolute Gasteiger partial charge is 0.416 e. The number of alkyl halides is 3. The molecule has 0 radical (unpaired) electrons. The van der Waals surface area contributed by atoms with Crippen molar-refractivity contribution >= 4 is 23.4 Å². The zero-order valence-electron chi connectivity index (χ0n) is 15.9. The minimum Gasteiger partial charge on any atom is -0.354 e. The zero-order valence-corrected chi connectivity index (χ0v) is 15.9. The number of nitrogens with one attached hydrogen (secondary N) is 2. The molecule has 2 aromatic rings. The van der Waals surface area contributed by atoms with Crippen molar-refractivity contribution in [2.24, 2.45) is 5.92 Å². The molecule has 1 fully saturated rings. The van der Waals surface area contributed by atoms with Crippen LogP contribution in [0.25, 0.3) is 0 Å². The average molecular weight is 419 g/mol. The Morgan fingerprint density at radius 2 is 1.70 bits per heavy atom. The van der Waals surface area contributed by atoms with Crippen LogP contribution in [0.15, 0.2) is 54.6 Å². The van der Waals surface area contributed by atoms with Crippen LogP contribution in [0.5, 0.6) is 0 Å². The molecule has 0 aromatic heterocycles. The quantitative estimate of drug-likeness (QED) is 0.707. The lowest BCUT2D eigenvalue weighted by Crippen LogP contribution is -2.38. The van der Waals surface area contributed by atoms with Crippen LogP contribution in [0, 0.1) is 5.92 Å². The maximum atomic E-state index is 12.9. The van der Waals surface area contributed by atoms with Crippen molar-refractivity contribution in [1.82, 2.24) is 10.6 Å². The van der Waals surface area contributed by atoms with E-state index in [1.54, 1.807) is 30.3 Å². The van der Waals surface area contributed by atoms with Crippen molar-refractivity contribution in [1.29, 1.82) is 0 Å². The van der Waals surface area contributed by atoms with Crippen molar-refractivity contribution in [2.75, 3.05) is 24.5 Å². The molecule has 1 heterocycles. The predicted octanol–water partition coefficient (Wildman–Crippen LogP) is 2.60. The number of carbonyl (C=O) groups is 3. The summed E-state index contributed by atoms with van der Waals surface area (Å²) >= 11 is 0. The van der Waals surface area contributed by atoms with Crippen molar-refractivity contribution in [3.63, 3.8) is 0 Å². The maximum absolute atomic E-state index is 12.9. The first-order valence-electron chi connectivity index (χ1n) is 9.34. The number of hydrogen-bond donors (Lipinski definition) is 2. The lowest BCUT2D eigenvalue weighted by molar-refractivity contribution is -0.137. The number of anilines is 1. The van der Waals surface area contributed by atoms with Gasteiger partial charge in [0, 0.05) is 37.3 Å². The summed E-state index contributed by atoms with van der Waals surface area (Å²) in [5, 5.41) is 5.32. The Bertz CT molecular complexity index is 932. The van der Waals surface area contributed by atoms with Crippen LogP contribution in [0.3, 0.4) is 0 Å². The van der Waals surface area contributed by atoms with Gasteiger partial charge in [-0.3, -0.25) is 14.4 Å². The molecule has 2 aromatic carbocycles. The Hall–Kier alpha value is -3.36. The molecule has 158 valence electrons. The zero-order chi connectivity index (χ0) is 21.7. The first-order valence-corrected chi connectivity index (χ1v) is 9.34. The van der Waals surface area contributed by atoms with Crippen LogP contribution in [0.4, 0.5) is 18.9 Å². The SMILES string of the molecule is O=C(NCCNC(=O)[C@@H]1CC(=O)N(c2cccc(C(F)(F)F)c2)C1)c1ccccc1. The summed E-state index contributed by atoms with van der Waals surface area (Å²) in [4.78, 5) is 37.7. The third kappa shape index (κ3) is 5.16. The Morgan fingerprint density at radius 3 is 2.40 bits per heavy atom. The van der Waals surface area contributed by atoms with E-state index in [0.717, 1.165) is 12.1 Å². The molecule has 1 aliphatic heterocycles. The van der Waals surface area contributed by atoms with E-state index in [-0.39, 0.29) is 43.6 Å². The van der Waals surface area contributed by atoms with Crippen LogP contribution >= 0.6 is 0 Å². The van der Waals surface area contributed by atoms with Gasteiger partial charge in [-0.1, -0.05) is 24.3 Å². The van der Waals surface area contributed by atoms with Gasteiger partial charge in [0.2, 0.25) is 11.8 Å². The highest BCUT2D eigenvalue weighted by Crippen LogP contribution is 2.33. The lowest BCUT2D eigenvalue weighted by Gasteiger charge is -2.18. The van der Waals surface area contributed by atoms with Gasteiger partial charge in [-0.05, 0) is 30.3 Å². The summed E-state index contributed by atoms with van der Waals surface area (Å²) in [6.07, 6.45) is -4.60. The van der Waals surface area contributed by atoms with Crippen LogP contribution in [-0.2, 0) is 15.8 Å². The fourth-order valence-corrected chi connectivity index (χ4v) is 3.18. The lowest BCUT2D eigenvalue weighted by atomic mass is 10.1. The van der Waals surface area contributed by atoms with E-state index in [1.165, 1.54) is 17.0 Å². The molecule has 1 aliphatic rings. The molecule has 9 heteroatoms. The third-order valence-corrected chi connectivity index (χ3v) is 4.73. The number of amides is 3. The van der Waals surface area contributed by atoms with E-state index >= 15 is 0 Å². The third-order valence-electron chi connectivity index (χ3n) is 4.73. The summed E-state index contributed by atoms with van der Waals surface area (Å²) in [5.74, 6) is -1.73. The van der Waals surface area contributed by atoms with Crippen molar-refractivity contribution in [2.45, 2.75) is 12.6 Å². The van der Waals surface area contributed by atoms with Gasteiger partial charge in [0.1, 0.15) is 0 Å². The van der Waals surface area contributed by atoms with E-state index in [1.807, 2.05) is 0 Å². The molecule has 30 heavy (non-hydrogen) atoms. The Balaban J connectivity index is 1.50. The topological polar surface area (TPSA) is 78.5 Å². The number of benzene rings is 2. The molecule has 0 saturated carbocycles. The summed E-state index contributed by atoms with van der Waals surface area (Å²) < 4.78 is 38.7. The van der Waals surface area contributed by atoms with Crippen LogP contribution in [0.1, 0.15) is 22.3 Å². The van der Waals surface area contributed by atoms with Crippen LogP contribution in [-0.4, -0.2) is 37.4 Å². The second-order valence-electron chi connectivity index (χ2n) is 6.87. The monoisotopic (exact) mass is 419 g/mol. The maximum Gasteiger partial charge on any atom is 0.416 e. The van der Waals surface area contributed by atoms with Gasteiger partial charge >= 0.3 is 6.18 Å². The Morgan fingerprint density at radius 1 is 1.00 bits per heavy atom. The van der Waals surface area contributed by atoms with E-state index in [4.69, 9.17) is 0 Å². The van der Waals surface area contributed by atoms with E-state index in [9.17, 15) is 27.6 Å².